The van der Waals surface area contributed by atoms with Crippen molar-refractivity contribution in [2.24, 2.45) is 0 Å². The van der Waals surface area contributed by atoms with Gasteiger partial charge in [-0.3, -0.25) is 0 Å². The predicted octanol–water partition coefficient (Wildman–Crippen LogP) is 3.19. The van der Waals surface area contributed by atoms with E-state index in [1.54, 1.807) is 19.1 Å². The number of ether oxygens (including phenoxy) is 1. The minimum Gasteiger partial charge on any atom is -0.462 e. The van der Waals surface area contributed by atoms with Crippen LogP contribution in [0.25, 0.3) is 0 Å². The molecule has 0 bridgehead atoms. The lowest BCUT2D eigenvalue weighted by atomic mass is 9.98. The summed E-state index contributed by atoms with van der Waals surface area (Å²) in [4.78, 5) is 11.8. The van der Waals surface area contributed by atoms with Crippen LogP contribution in [0.15, 0.2) is 12.1 Å². The lowest BCUT2D eigenvalue weighted by Crippen LogP contribution is -2.09. The molecule has 1 aromatic rings. The van der Waals surface area contributed by atoms with Crippen molar-refractivity contribution in [1.29, 1.82) is 5.26 Å². The van der Waals surface area contributed by atoms with Crippen LogP contribution in [0, 0.1) is 11.3 Å². The van der Waals surface area contributed by atoms with Crippen LogP contribution in [0.3, 0.4) is 0 Å². The van der Waals surface area contributed by atoms with E-state index < -0.39 is 0 Å². The molecular formula is C13H14BrNO2. The van der Waals surface area contributed by atoms with Crippen molar-refractivity contribution in [2.45, 2.75) is 25.6 Å². The maximum Gasteiger partial charge on any atom is 0.338 e. The highest BCUT2D eigenvalue weighted by Gasteiger charge is 2.15. The highest BCUT2D eigenvalue weighted by atomic mass is 79.9. The Labute approximate surface area is 110 Å². The zero-order valence-electron chi connectivity index (χ0n) is 9.92. The number of nitrogens with zero attached hydrogens (tertiary/aromatic N) is 1. The number of esters is 1. The van der Waals surface area contributed by atoms with Gasteiger partial charge in [0.25, 0.3) is 0 Å². The van der Waals surface area contributed by atoms with E-state index >= 15 is 0 Å². The lowest BCUT2D eigenvalue weighted by Gasteiger charge is -2.10. The van der Waals surface area contributed by atoms with Gasteiger partial charge >= 0.3 is 5.97 Å². The van der Waals surface area contributed by atoms with E-state index in [1.165, 1.54) is 0 Å². The molecule has 0 atom stereocenters. The quantitative estimate of drug-likeness (QED) is 0.633. The molecular weight excluding hydrogens is 282 g/mol. The molecule has 0 N–H and O–H groups in total. The van der Waals surface area contributed by atoms with E-state index in [0.717, 1.165) is 17.5 Å². The van der Waals surface area contributed by atoms with Crippen molar-refractivity contribution in [1.82, 2.24) is 0 Å². The standard InChI is InChI=1S/C13H14BrNO2/c1-3-9-6-12(13(16)17-4-2)10(7-14)5-11(9)8-15/h5-6H,3-4,7H2,1-2H3. The minimum absolute atomic E-state index is 0.332. The van der Waals surface area contributed by atoms with Gasteiger partial charge in [0.1, 0.15) is 0 Å². The first-order valence-corrected chi connectivity index (χ1v) is 6.59. The maximum atomic E-state index is 11.8. The summed E-state index contributed by atoms with van der Waals surface area (Å²) in [5, 5.41) is 9.55. The summed E-state index contributed by atoms with van der Waals surface area (Å²) >= 11 is 3.32. The SMILES string of the molecule is CCOC(=O)c1cc(CC)c(C#N)cc1CBr. The summed E-state index contributed by atoms with van der Waals surface area (Å²) in [5.41, 5.74) is 2.83. The van der Waals surface area contributed by atoms with Crippen LogP contribution in [0.1, 0.15) is 40.9 Å². The van der Waals surface area contributed by atoms with E-state index in [1.807, 2.05) is 6.92 Å². The van der Waals surface area contributed by atoms with Crippen molar-refractivity contribution in [3.05, 3.63) is 34.4 Å². The number of rotatable bonds is 4. The van der Waals surface area contributed by atoms with Crippen LogP contribution < -0.4 is 0 Å². The molecule has 0 unspecified atom stereocenters. The van der Waals surface area contributed by atoms with E-state index in [2.05, 4.69) is 22.0 Å². The summed E-state index contributed by atoms with van der Waals surface area (Å²) < 4.78 is 5.00. The Morgan fingerprint density at radius 2 is 2.12 bits per heavy atom. The normalized spacial score (nSPS) is 9.76. The molecule has 1 rings (SSSR count). The summed E-state index contributed by atoms with van der Waals surface area (Å²) in [5.74, 6) is -0.332. The summed E-state index contributed by atoms with van der Waals surface area (Å²) in [6.45, 7) is 4.08. The van der Waals surface area contributed by atoms with Crippen molar-refractivity contribution < 1.29 is 9.53 Å². The predicted molar refractivity (Wildman–Crippen MR) is 69.1 cm³/mol. The Bertz CT molecular complexity index is 463. The number of benzene rings is 1. The lowest BCUT2D eigenvalue weighted by molar-refractivity contribution is 0.0525. The second-order valence-corrected chi connectivity index (χ2v) is 4.05. The summed E-state index contributed by atoms with van der Waals surface area (Å²) in [6.07, 6.45) is 0.720. The van der Waals surface area contributed by atoms with Gasteiger partial charge in [-0.25, -0.2) is 4.79 Å². The smallest absolute Gasteiger partial charge is 0.338 e. The van der Waals surface area contributed by atoms with Gasteiger partial charge in [0.15, 0.2) is 0 Å². The first-order valence-electron chi connectivity index (χ1n) is 5.46. The fourth-order valence-corrected chi connectivity index (χ4v) is 2.06. The topological polar surface area (TPSA) is 50.1 Å². The molecule has 17 heavy (non-hydrogen) atoms. The zero-order valence-corrected chi connectivity index (χ0v) is 11.5. The second-order valence-electron chi connectivity index (χ2n) is 3.49. The van der Waals surface area contributed by atoms with Gasteiger partial charge in [0.2, 0.25) is 0 Å². The van der Waals surface area contributed by atoms with Gasteiger partial charge in [0.05, 0.1) is 23.8 Å². The molecule has 0 aliphatic carbocycles. The fraction of sp³-hybridized carbons (Fsp3) is 0.385. The number of aryl methyl sites for hydroxylation is 1. The monoisotopic (exact) mass is 295 g/mol. The Morgan fingerprint density at radius 1 is 1.41 bits per heavy atom. The number of hydrogen-bond acceptors (Lipinski definition) is 3. The third kappa shape index (κ3) is 3.07. The Kier molecular flexibility index (Phi) is 5.17. The first kappa shape index (κ1) is 13.7. The molecule has 0 aliphatic rings. The third-order valence-electron chi connectivity index (χ3n) is 2.47. The Hall–Kier alpha value is -1.34. The van der Waals surface area contributed by atoms with E-state index in [4.69, 9.17) is 10.00 Å². The van der Waals surface area contributed by atoms with Gasteiger partial charge < -0.3 is 4.74 Å². The van der Waals surface area contributed by atoms with Gasteiger partial charge in [-0.2, -0.15) is 5.26 Å². The highest BCUT2D eigenvalue weighted by molar-refractivity contribution is 9.08. The van der Waals surface area contributed by atoms with Crippen LogP contribution in [-0.4, -0.2) is 12.6 Å². The molecule has 0 fully saturated rings. The molecule has 0 heterocycles. The van der Waals surface area contributed by atoms with E-state index in [-0.39, 0.29) is 5.97 Å². The van der Waals surface area contributed by atoms with Crippen molar-refractivity contribution >= 4 is 21.9 Å². The largest absolute Gasteiger partial charge is 0.462 e. The van der Waals surface area contributed by atoms with Crippen LogP contribution in [0.2, 0.25) is 0 Å². The van der Waals surface area contributed by atoms with Crippen molar-refractivity contribution in [3.8, 4) is 6.07 Å². The van der Waals surface area contributed by atoms with Gasteiger partial charge in [-0.05, 0) is 36.6 Å². The molecule has 0 amide bonds. The molecule has 90 valence electrons. The van der Waals surface area contributed by atoms with Crippen LogP contribution in [0.5, 0.6) is 0 Å². The second kappa shape index (κ2) is 6.41. The van der Waals surface area contributed by atoms with E-state index in [0.29, 0.717) is 23.1 Å². The van der Waals surface area contributed by atoms with Crippen molar-refractivity contribution in [2.75, 3.05) is 6.61 Å². The number of hydrogen-bond donors (Lipinski definition) is 0. The molecule has 3 nitrogen and oxygen atoms in total. The van der Waals surface area contributed by atoms with Crippen LogP contribution in [-0.2, 0) is 16.5 Å². The average molecular weight is 296 g/mol. The molecule has 0 aliphatic heterocycles. The number of carbonyl (C=O) groups excluding carboxylic acids is 1. The summed E-state index contributed by atoms with van der Waals surface area (Å²) in [7, 11) is 0. The Balaban J connectivity index is 3.29. The number of alkyl halides is 1. The zero-order chi connectivity index (χ0) is 12.8. The van der Waals surface area contributed by atoms with E-state index in [9.17, 15) is 4.79 Å². The number of halogens is 1. The van der Waals surface area contributed by atoms with Gasteiger partial charge in [-0.15, -0.1) is 0 Å². The molecule has 0 saturated carbocycles. The number of carbonyl (C=O) groups is 1. The third-order valence-corrected chi connectivity index (χ3v) is 3.07. The number of nitriles is 1. The van der Waals surface area contributed by atoms with Gasteiger partial charge in [0, 0.05) is 5.33 Å². The average Bonchev–Trinajstić information content (AvgIpc) is 2.37. The first-order chi connectivity index (χ1) is 8.17. The minimum atomic E-state index is -0.332. The van der Waals surface area contributed by atoms with Crippen LogP contribution in [0.4, 0.5) is 0 Å². The van der Waals surface area contributed by atoms with Crippen LogP contribution >= 0.6 is 15.9 Å². The molecule has 1 aromatic carbocycles. The summed E-state index contributed by atoms with van der Waals surface area (Å²) in [6, 6.07) is 5.65. The molecule has 0 saturated heterocycles. The maximum absolute atomic E-state index is 11.8. The molecule has 0 radical (unpaired) electrons. The Morgan fingerprint density at radius 3 is 2.59 bits per heavy atom. The highest BCUT2D eigenvalue weighted by Crippen LogP contribution is 2.20. The molecule has 0 spiro atoms. The molecule has 4 heteroatoms. The molecule has 0 aromatic heterocycles. The fourth-order valence-electron chi connectivity index (χ4n) is 1.60. The van der Waals surface area contributed by atoms with Gasteiger partial charge in [-0.1, -0.05) is 22.9 Å². The van der Waals surface area contributed by atoms with Crippen molar-refractivity contribution in [3.63, 3.8) is 0 Å².